The summed E-state index contributed by atoms with van der Waals surface area (Å²) in [5, 5.41) is 12.6. The van der Waals surface area contributed by atoms with Gasteiger partial charge in [-0.2, -0.15) is 0 Å². The van der Waals surface area contributed by atoms with E-state index in [9.17, 15) is 14.7 Å². The highest BCUT2D eigenvalue weighted by molar-refractivity contribution is 5.87. The molecule has 0 saturated carbocycles. The Morgan fingerprint density at radius 2 is 1.90 bits per heavy atom. The van der Waals surface area contributed by atoms with Crippen LogP contribution >= 0.6 is 0 Å². The number of nitrogens with zero attached hydrogens (tertiary/aromatic N) is 1. The monoisotopic (exact) mass is 284 g/mol. The Bertz CT molecular complexity index is 366. The molecule has 1 rings (SSSR count). The molecule has 116 valence electrons. The highest BCUT2D eigenvalue weighted by Gasteiger charge is 2.49. The number of carbonyl (C=O) groups excluding carboxylic acids is 1. The van der Waals surface area contributed by atoms with Crippen LogP contribution in [0.3, 0.4) is 0 Å². The molecule has 5 heteroatoms. The molecule has 1 atom stereocenters. The van der Waals surface area contributed by atoms with Crippen molar-refractivity contribution in [2.45, 2.75) is 77.3 Å². The Labute approximate surface area is 121 Å². The highest BCUT2D eigenvalue weighted by Crippen LogP contribution is 2.34. The van der Waals surface area contributed by atoms with Crippen LogP contribution in [0.1, 0.15) is 66.2 Å². The molecule has 2 N–H and O–H groups in total. The average Bonchev–Trinajstić information content (AvgIpc) is 2.84. The van der Waals surface area contributed by atoms with Crippen molar-refractivity contribution in [1.29, 1.82) is 0 Å². The summed E-state index contributed by atoms with van der Waals surface area (Å²) < 4.78 is 0. The van der Waals surface area contributed by atoms with Crippen LogP contribution in [0, 0.1) is 0 Å². The molecular formula is C15H28N2O3. The predicted molar refractivity (Wildman–Crippen MR) is 78.7 cm³/mol. The van der Waals surface area contributed by atoms with Crippen molar-refractivity contribution in [3.05, 3.63) is 0 Å². The average molecular weight is 284 g/mol. The van der Waals surface area contributed by atoms with Crippen molar-refractivity contribution in [1.82, 2.24) is 10.2 Å². The maximum absolute atomic E-state index is 12.5. The number of carboxylic acid groups (broad SMARTS) is 1. The molecule has 1 fully saturated rings. The van der Waals surface area contributed by atoms with Crippen molar-refractivity contribution in [3.8, 4) is 0 Å². The largest absolute Gasteiger partial charge is 0.479 e. The lowest BCUT2D eigenvalue weighted by atomic mass is 9.90. The molecule has 0 aromatic rings. The number of hydrogen-bond donors (Lipinski definition) is 2. The van der Waals surface area contributed by atoms with Crippen LogP contribution < -0.4 is 5.32 Å². The second-order valence-electron chi connectivity index (χ2n) is 6.04. The fraction of sp³-hybridized carbons (Fsp3) is 0.867. The first-order chi connectivity index (χ1) is 9.35. The van der Waals surface area contributed by atoms with Crippen molar-refractivity contribution in [3.63, 3.8) is 0 Å². The van der Waals surface area contributed by atoms with E-state index in [1.807, 2.05) is 27.7 Å². The third-order valence-electron chi connectivity index (χ3n) is 4.76. The van der Waals surface area contributed by atoms with Gasteiger partial charge in [0.15, 0.2) is 0 Å². The van der Waals surface area contributed by atoms with Crippen LogP contribution in [0.4, 0.5) is 4.79 Å². The number of likely N-dealkylation sites (tertiary alicyclic amines) is 1. The summed E-state index contributed by atoms with van der Waals surface area (Å²) in [4.78, 5) is 25.8. The maximum atomic E-state index is 12.5. The minimum atomic E-state index is -1.01. The van der Waals surface area contributed by atoms with Crippen LogP contribution in [0.15, 0.2) is 0 Å². The smallest absolute Gasteiger partial charge is 0.329 e. The molecular weight excluding hydrogens is 256 g/mol. The van der Waals surface area contributed by atoms with Gasteiger partial charge in [0.05, 0.1) is 0 Å². The van der Waals surface area contributed by atoms with E-state index >= 15 is 0 Å². The van der Waals surface area contributed by atoms with E-state index in [1.54, 1.807) is 4.90 Å². The van der Waals surface area contributed by atoms with Gasteiger partial charge in [-0.15, -0.1) is 0 Å². The molecule has 1 unspecified atom stereocenters. The lowest BCUT2D eigenvalue weighted by Gasteiger charge is -2.38. The summed E-state index contributed by atoms with van der Waals surface area (Å²) in [5.41, 5.74) is -1.28. The zero-order valence-electron chi connectivity index (χ0n) is 13.2. The summed E-state index contributed by atoms with van der Waals surface area (Å²) in [6, 6.07) is -0.232. The lowest BCUT2D eigenvalue weighted by Crippen LogP contribution is -2.59. The van der Waals surface area contributed by atoms with Gasteiger partial charge in [-0.3, -0.25) is 0 Å². The number of hydrogen-bond acceptors (Lipinski definition) is 2. The fourth-order valence-corrected chi connectivity index (χ4v) is 2.93. The van der Waals surface area contributed by atoms with Gasteiger partial charge in [0, 0.05) is 12.1 Å². The quantitative estimate of drug-likeness (QED) is 0.787. The molecule has 0 aromatic heterocycles. The molecule has 1 saturated heterocycles. The molecule has 0 aliphatic carbocycles. The van der Waals surface area contributed by atoms with E-state index in [4.69, 9.17) is 0 Å². The summed E-state index contributed by atoms with van der Waals surface area (Å²) in [6.45, 7) is 8.56. The van der Waals surface area contributed by atoms with Crippen molar-refractivity contribution in [2.75, 3.05) is 6.54 Å². The van der Waals surface area contributed by atoms with Crippen molar-refractivity contribution < 1.29 is 14.7 Å². The van der Waals surface area contributed by atoms with Crippen molar-refractivity contribution in [2.24, 2.45) is 0 Å². The van der Waals surface area contributed by atoms with Crippen LogP contribution in [-0.2, 0) is 4.79 Å². The molecule has 2 amide bonds. The molecule has 0 bridgehead atoms. The second-order valence-corrected chi connectivity index (χ2v) is 6.04. The fourth-order valence-electron chi connectivity index (χ4n) is 2.93. The third-order valence-corrected chi connectivity index (χ3v) is 4.76. The number of urea groups is 1. The summed E-state index contributed by atoms with van der Waals surface area (Å²) in [7, 11) is 0. The minimum Gasteiger partial charge on any atom is -0.479 e. The van der Waals surface area contributed by atoms with Gasteiger partial charge in [0.25, 0.3) is 0 Å². The Hall–Kier alpha value is -1.26. The summed E-state index contributed by atoms with van der Waals surface area (Å²) in [6.07, 6.45) is 4.25. The van der Waals surface area contributed by atoms with E-state index in [0.717, 1.165) is 25.7 Å². The van der Waals surface area contributed by atoms with Gasteiger partial charge >= 0.3 is 12.0 Å². The van der Waals surface area contributed by atoms with Gasteiger partial charge in [-0.05, 0) is 39.0 Å². The number of aliphatic carboxylic acids is 1. The zero-order chi connectivity index (χ0) is 15.4. The van der Waals surface area contributed by atoms with Crippen LogP contribution in [0.2, 0.25) is 0 Å². The van der Waals surface area contributed by atoms with Crippen LogP contribution in [-0.4, -0.2) is 39.6 Å². The second kappa shape index (κ2) is 6.46. The van der Waals surface area contributed by atoms with Gasteiger partial charge in [-0.25, -0.2) is 9.59 Å². The standard InChI is InChI=1S/C15H28N2O3/c1-5-9-15(12(18)19)10-8-11-17(15)13(20)16-14(4,6-2)7-3/h5-11H2,1-4H3,(H,16,20)(H,18,19). The summed E-state index contributed by atoms with van der Waals surface area (Å²) >= 11 is 0. The highest BCUT2D eigenvalue weighted by atomic mass is 16.4. The van der Waals surface area contributed by atoms with E-state index in [2.05, 4.69) is 5.32 Å². The zero-order valence-corrected chi connectivity index (χ0v) is 13.2. The Morgan fingerprint density at radius 3 is 2.35 bits per heavy atom. The Balaban J connectivity index is 2.93. The first-order valence-corrected chi connectivity index (χ1v) is 7.68. The number of nitrogens with one attached hydrogen (secondary N) is 1. The molecule has 1 aliphatic rings. The molecule has 1 aliphatic heterocycles. The molecule has 20 heavy (non-hydrogen) atoms. The molecule has 0 spiro atoms. The maximum Gasteiger partial charge on any atom is 0.329 e. The molecule has 0 radical (unpaired) electrons. The van der Waals surface area contributed by atoms with Crippen LogP contribution in [0.25, 0.3) is 0 Å². The van der Waals surface area contributed by atoms with E-state index in [1.165, 1.54) is 0 Å². The Kier molecular flexibility index (Phi) is 5.42. The topological polar surface area (TPSA) is 69.6 Å². The predicted octanol–water partition coefficient (Wildman–Crippen LogP) is 2.99. The number of carboxylic acids is 1. The molecule has 5 nitrogen and oxygen atoms in total. The van der Waals surface area contributed by atoms with Gasteiger partial charge in [0.1, 0.15) is 5.54 Å². The molecule has 1 heterocycles. The van der Waals surface area contributed by atoms with E-state index in [0.29, 0.717) is 19.4 Å². The van der Waals surface area contributed by atoms with E-state index in [-0.39, 0.29) is 11.6 Å². The lowest BCUT2D eigenvalue weighted by molar-refractivity contribution is -0.148. The first kappa shape index (κ1) is 16.8. The van der Waals surface area contributed by atoms with Crippen molar-refractivity contribution >= 4 is 12.0 Å². The summed E-state index contributed by atoms with van der Waals surface area (Å²) in [5.74, 6) is -0.873. The number of rotatable bonds is 6. The van der Waals surface area contributed by atoms with Crippen LogP contribution in [0.5, 0.6) is 0 Å². The SMILES string of the molecule is CCCC1(C(=O)O)CCCN1C(=O)NC(C)(CC)CC. The van der Waals surface area contributed by atoms with Gasteiger partial charge in [0.2, 0.25) is 0 Å². The number of amides is 2. The number of carbonyl (C=O) groups is 2. The van der Waals surface area contributed by atoms with E-state index < -0.39 is 11.5 Å². The minimum absolute atomic E-state index is 0.232. The normalized spacial score (nSPS) is 22.9. The third kappa shape index (κ3) is 3.07. The molecule has 0 aromatic carbocycles. The first-order valence-electron chi connectivity index (χ1n) is 7.68. The van der Waals surface area contributed by atoms with Gasteiger partial charge in [-0.1, -0.05) is 27.2 Å². The Morgan fingerprint density at radius 1 is 1.30 bits per heavy atom. The van der Waals surface area contributed by atoms with Gasteiger partial charge < -0.3 is 15.3 Å².